The average molecular weight is 880 g/mol. The van der Waals surface area contributed by atoms with Gasteiger partial charge in [-0.15, -0.1) is 0 Å². The molecular weight excluding hydrogens is 843 g/mol. The normalized spacial score (nSPS) is 12.1. The Bertz CT molecular complexity index is 4470. The third kappa shape index (κ3) is 5.76. The Morgan fingerprint density at radius 1 is 0.319 bits per heavy atom. The number of hydrogen-bond acceptors (Lipinski definition) is 4. The molecule has 0 aliphatic rings. The molecule has 15 rings (SSSR count). The molecule has 320 valence electrons. The lowest BCUT2D eigenvalue weighted by atomic mass is 9.99. The van der Waals surface area contributed by atoms with Crippen molar-refractivity contribution in [3.63, 3.8) is 0 Å². The summed E-state index contributed by atoms with van der Waals surface area (Å²) < 4.78 is 11.6. The van der Waals surface area contributed by atoms with Crippen LogP contribution in [-0.4, -0.2) is 24.1 Å². The number of aromatic nitrogens is 5. The first kappa shape index (κ1) is 37.8. The smallest absolute Gasteiger partial charge is 0.238 e. The number of furan rings is 1. The Morgan fingerprint density at radius 3 is 1.58 bits per heavy atom. The maximum atomic E-state index is 6.99. The lowest BCUT2D eigenvalue weighted by Gasteiger charge is -2.14. The minimum atomic E-state index is 0.526. The van der Waals surface area contributed by atoms with Crippen molar-refractivity contribution in [1.29, 1.82) is 0 Å². The second-order valence-corrected chi connectivity index (χ2v) is 18.0. The maximum absolute atomic E-state index is 6.99. The van der Waals surface area contributed by atoms with Crippen LogP contribution in [0.5, 0.6) is 0 Å². The minimum absolute atomic E-state index is 0.526. The number of benzene rings is 11. The molecule has 0 radical (unpaired) electrons. The Labute approximate surface area is 394 Å². The van der Waals surface area contributed by atoms with Crippen molar-refractivity contribution in [3.8, 4) is 45.5 Å². The van der Waals surface area contributed by atoms with E-state index in [4.69, 9.17) is 19.4 Å². The molecule has 0 fully saturated rings. The Balaban J connectivity index is 1.01. The molecule has 0 saturated heterocycles. The van der Waals surface area contributed by atoms with Crippen molar-refractivity contribution in [2.45, 2.75) is 0 Å². The van der Waals surface area contributed by atoms with Crippen LogP contribution in [0.25, 0.3) is 143 Å². The van der Waals surface area contributed by atoms with Gasteiger partial charge in [0.15, 0.2) is 11.6 Å². The molecule has 4 heterocycles. The zero-order valence-electron chi connectivity index (χ0n) is 37.0. The van der Waals surface area contributed by atoms with Crippen molar-refractivity contribution in [3.05, 3.63) is 224 Å². The van der Waals surface area contributed by atoms with Gasteiger partial charge in [-0.05, 0) is 110 Å². The number of rotatable bonds is 5. The summed E-state index contributed by atoms with van der Waals surface area (Å²) >= 11 is 0. The molecule has 6 nitrogen and oxygen atoms in total. The Morgan fingerprint density at radius 2 is 0.884 bits per heavy atom. The molecule has 0 spiro atoms. The number of nitrogens with zero attached hydrogens (tertiary/aromatic N) is 5. The SMILES string of the molecule is c1ccc(-c2cccc(-c3nc(-c4cc5ccc(-n6c7cc8ccccc8cc7c7cc8ccccc8cc76)cc5c5c4oc4ccccc45)nc(-n4c5ccccc5c5ccccc54)n3)c2)cc1. The van der Waals surface area contributed by atoms with Crippen LogP contribution in [0, 0.1) is 0 Å². The summed E-state index contributed by atoms with van der Waals surface area (Å²) in [6.45, 7) is 0. The average Bonchev–Trinajstić information content (AvgIpc) is 4.07. The molecule has 4 aromatic heterocycles. The second kappa shape index (κ2) is 14.6. The van der Waals surface area contributed by atoms with Gasteiger partial charge in [0.25, 0.3) is 0 Å². The van der Waals surface area contributed by atoms with Crippen molar-refractivity contribution >= 4 is 97.9 Å². The first-order valence-electron chi connectivity index (χ1n) is 23.3. The fraction of sp³-hybridized carbons (Fsp3) is 0. The van der Waals surface area contributed by atoms with Gasteiger partial charge in [0.1, 0.15) is 11.2 Å². The molecule has 0 bridgehead atoms. The molecule has 0 atom stereocenters. The van der Waals surface area contributed by atoms with E-state index in [1.807, 2.05) is 12.1 Å². The van der Waals surface area contributed by atoms with Crippen LogP contribution in [0.2, 0.25) is 0 Å². The molecule has 0 N–H and O–H groups in total. The van der Waals surface area contributed by atoms with E-state index >= 15 is 0 Å². The highest BCUT2D eigenvalue weighted by atomic mass is 16.3. The van der Waals surface area contributed by atoms with Gasteiger partial charge < -0.3 is 8.98 Å². The molecule has 0 amide bonds. The van der Waals surface area contributed by atoms with Gasteiger partial charge in [-0.3, -0.25) is 4.57 Å². The van der Waals surface area contributed by atoms with Crippen molar-refractivity contribution < 1.29 is 4.42 Å². The maximum Gasteiger partial charge on any atom is 0.238 e. The van der Waals surface area contributed by atoms with Crippen molar-refractivity contribution in [2.24, 2.45) is 0 Å². The zero-order valence-corrected chi connectivity index (χ0v) is 37.0. The van der Waals surface area contributed by atoms with Crippen molar-refractivity contribution in [1.82, 2.24) is 24.1 Å². The quantitative estimate of drug-likeness (QED) is 0.173. The largest absolute Gasteiger partial charge is 0.455 e. The molecule has 0 unspecified atom stereocenters. The predicted molar refractivity (Wildman–Crippen MR) is 285 cm³/mol. The molecule has 69 heavy (non-hydrogen) atoms. The lowest BCUT2D eigenvalue weighted by Crippen LogP contribution is -2.06. The lowest BCUT2D eigenvalue weighted by molar-refractivity contribution is 0.669. The van der Waals surface area contributed by atoms with E-state index in [2.05, 4.69) is 221 Å². The van der Waals surface area contributed by atoms with E-state index in [0.717, 1.165) is 93.5 Å². The van der Waals surface area contributed by atoms with E-state index in [1.54, 1.807) is 0 Å². The third-order valence-electron chi connectivity index (χ3n) is 14.1. The summed E-state index contributed by atoms with van der Waals surface area (Å²) in [5, 5.41) is 13.8. The van der Waals surface area contributed by atoms with Crippen LogP contribution in [0.15, 0.2) is 229 Å². The molecular formula is C63H37N5O. The zero-order chi connectivity index (χ0) is 45.2. The van der Waals surface area contributed by atoms with Gasteiger partial charge in [-0.25, -0.2) is 4.98 Å². The van der Waals surface area contributed by atoms with Gasteiger partial charge in [0, 0.05) is 43.6 Å². The van der Waals surface area contributed by atoms with E-state index in [9.17, 15) is 0 Å². The van der Waals surface area contributed by atoms with E-state index in [-0.39, 0.29) is 0 Å². The summed E-state index contributed by atoms with van der Waals surface area (Å²) in [7, 11) is 0. The van der Waals surface area contributed by atoms with E-state index in [0.29, 0.717) is 17.6 Å². The van der Waals surface area contributed by atoms with E-state index < -0.39 is 0 Å². The highest BCUT2D eigenvalue weighted by Gasteiger charge is 2.23. The summed E-state index contributed by atoms with van der Waals surface area (Å²) in [5.74, 6) is 1.63. The summed E-state index contributed by atoms with van der Waals surface area (Å²) in [6, 6.07) is 79.9. The highest BCUT2D eigenvalue weighted by Crippen LogP contribution is 2.44. The Hall–Kier alpha value is -9.39. The summed E-state index contributed by atoms with van der Waals surface area (Å²) in [6.07, 6.45) is 0. The second-order valence-electron chi connectivity index (χ2n) is 18.0. The van der Waals surface area contributed by atoms with Crippen LogP contribution >= 0.6 is 0 Å². The molecule has 6 heteroatoms. The van der Waals surface area contributed by atoms with Crippen LogP contribution in [0.4, 0.5) is 0 Å². The van der Waals surface area contributed by atoms with Gasteiger partial charge in [-0.1, -0.05) is 158 Å². The van der Waals surface area contributed by atoms with Crippen LogP contribution in [-0.2, 0) is 0 Å². The fourth-order valence-corrected chi connectivity index (χ4v) is 10.9. The first-order valence-corrected chi connectivity index (χ1v) is 23.3. The third-order valence-corrected chi connectivity index (χ3v) is 14.1. The van der Waals surface area contributed by atoms with Gasteiger partial charge >= 0.3 is 0 Å². The van der Waals surface area contributed by atoms with Crippen LogP contribution < -0.4 is 0 Å². The molecule has 0 aliphatic carbocycles. The first-order chi connectivity index (χ1) is 34.2. The number of para-hydroxylation sites is 3. The number of fused-ring (bicyclic) bond motifs is 13. The van der Waals surface area contributed by atoms with Crippen LogP contribution in [0.3, 0.4) is 0 Å². The monoisotopic (exact) mass is 879 g/mol. The fourth-order valence-electron chi connectivity index (χ4n) is 10.9. The van der Waals surface area contributed by atoms with Gasteiger partial charge in [0.05, 0.1) is 27.6 Å². The van der Waals surface area contributed by atoms with E-state index in [1.165, 1.54) is 32.3 Å². The molecule has 0 aliphatic heterocycles. The predicted octanol–water partition coefficient (Wildman–Crippen LogP) is 16.4. The van der Waals surface area contributed by atoms with Gasteiger partial charge in [-0.2, -0.15) is 9.97 Å². The Kier molecular flexibility index (Phi) is 7.97. The molecule has 0 saturated carbocycles. The van der Waals surface area contributed by atoms with Gasteiger partial charge in [0.2, 0.25) is 5.95 Å². The highest BCUT2D eigenvalue weighted by molar-refractivity contribution is 6.23. The van der Waals surface area contributed by atoms with Crippen LogP contribution in [0.1, 0.15) is 0 Å². The molecule has 11 aromatic carbocycles. The summed E-state index contributed by atoms with van der Waals surface area (Å²) in [4.78, 5) is 16.1. The number of hydrogen-bond donors (Lipinski definition) is 0. The standard InChI is InChI=1S/C63H37N5O/c1-2-15-38(16-3-1)39-21-14-22-45(31-39)61-64-62(66-63(65-61)68-54-26-11-8-23-47(54)48-24-9-12-27-55(48)68)53-34-44-29-30-46(37-50(44)59-49-25-10-13-28-58(49)69-60(53)59)67-56-35-42-19-6-4-17-40(42)32-51(56)52-33-41-18-5-7-20-43(41)36-57(52)67/h1-37H. The topological polar surface area (TPSA) is 61.7 Å². The molecule has 15 aromatic rings. The van der Waals surface area contributed by atoms with Crippen molar-refractivity contribution in [2.75, 3.05) is 0 Å². The summed E-state index contributed by atoms with van der Waals surface area (Å²) in [5.41, 5.74) is 10.8. The minimum Gasteiger partial charge on any atom is -0.455 e.